The fourth-order valence-corrected chi connectivity index (χ4v) is 20.7. The lowest BCUT2D eigenvalue weighted by Gasteiger charge is -2.27. The number of aromatic nitrogens is 2. The Morgan fingerprint density at radius 3 is 1.21 bits per heavy atom. The van der Waals surface area contributed by atoms with Gasteiger partial charge in [0.2, 0.25) is 0 Å². The normalized spacial score (nSPS) is 14.0. The number of hydrogen-bond donors (Lipinski definition) is 0. The van der Waals surface area contributed by atoms with Crippen molar-refractivity contribution in [2.45, 2.75) is 427 Å². The lowest BCUT2D eigenvalue weighted by atomic mass is 9.93. The predicted octanol–water partition coefficient (Wildman–Crippen LogP) is 29.4. The summed E-state index contributed by atoms with van der Waals surface area (Å²) in [5.74, 6) is 0.767. The van der Waals surface area contributed by atoms with Gasteiger partial charge in [0, 0.05) is 44.3 Å². The first kappa shape index (κ1) is 92.3. The van der Waals surface area contributed by atoms with Crippen molar-refractivity contribution in [2.75, 3.05) is 22.9 Å². The average Bonchev–Trinajstić information content (AvgIpc) is 1.49. The summed E-state index contributed by atoms with van der Waals surface area (Å²) in [6.07, 6.45) is 74.3. The van der Waals surface area contributed by atoms with E-state index in [4.69, 9.17) is 0 Å². The van der Waals surface area contributed by atoms with Crippen LogP contribution in [0.2, 0.25) is 0 Å². The minimum atomic E-state index is -0.192. The number of unbranched alkanes of at least 4 members (excludes halogenated alkanes) is 44. The highest BCUT2D eigenvalue weighted by Gasteiger charge is 2.39. The lowest BCUT2D eigenvalue weighted by molar-refractivity contribution is -0.114. The van der Waals surface area contributed by atoms with Crippen LogP contribution in [0.25, 0.3) is 43.5 Å². The van der Waals surface area contributed by atoms with Gasteiger partial charge >= 0.3 is 0 Å². The van der Waals surface area contributed by atoms with Crippen molar-refractivity contribution in [2.24, 2.45) is 11.8 Å². The molecule has 6 aromatic rings. The number of carbonyl (C=O) groups excluding carboxylic acids is 2. The van der Waals surface area contributed by atoms with Crippen LogP contribution in [0.15, 0.2) is 88.0 Å². The van der Waals surface area contributed by atoms with Crippen LogP contribution >= 0.6 is 23.1 Å². The largest absolute Gasteiger partial charge is 0.307 e. The Bertz CT molecular complexity index is 4030. The number of rotatable bonds is 65. The third kappa shape index (κ3) is 28.0. The molecule has 5 aromatic heterocycles. The van der Waals surface area contributed by atoms with Crippen LogP contribution in [0.4, 0.5) is 11.4 Å². The molecule has 2 unspecified atom stereocenters. The van der Waals surface area contributed by atoms with E-state index in [1.807, 2.05) is 33.2 Å². The van der Waals surface area contributed by atoms with E-state index in [9.17, 15) is 0 Å². The Labute approximate surface area is 690 Å². The molecule has 10 heteroatoms. The second-order valence-corrected chi connectivity index (χ2v) is 38.5. The number of nitrogens with zero attached hydrogens (tertiary/aromatic N) is 4. The first-order valence-corrected chi connectivity index (χ1v) is 49.0. The molecule has 0 bridgehead atoms. The minimum Gasteiger partial charge on any atom is -0.307 e. The molecule has 1 aromatic carbocycles. The number of allylic oxidation sites excluding steroid dienone is 2. The van der Waals surface area contributed by atoms with Crippen molar-refractivity contribution in [3.63, 3.8) is 0 Å². The predicted molar refractivity (Wildman–Crippen MR) is 493 cm³/mol. The number of thioether (sulfide) groups is 1. The van der Waals surface area contributed by atoms with Crippen LogP contribution in [0.5, 0.6) is 0 Å². The molecular formula is C102H158N4O4S2. The average molecular weight is 1570 g/mol. The summed E-state index contributed by atoms with van der Waals surface area (Å²) in [5, 5.41) is 3.04. The first-order valence-electron chi connectivity index (χ1n) is 47.4. The van der Waals surface area contributed by atoms with E-state index in [-0.39, 0.29) is 27.7 Å². The second-order valence-electron chi connectivity index (χ2n) is 35.6. The van der Waals surface area contributed by atoms with Gasteiger partial charge in [-0.05, 0) is 129 Å². The van der Waals surface area contributed by atoms with Gasteiger partial charge in [0.25, 0.3) is 22.9 Å². The summed E-state index contributed by atoms with van der Waals surface area (Å²) < 4.78 is 3.60. The molecular weight excluding hydrogens is 1410 g/mol. The van der Waals surface area contributed by atoms with Gasteiger partial charge in [-0.2, -0.15) is 0 Å². The Morgan fingerprint density at radius 1 is 0.420 bits per heavy atom. The number of amides is 2. The van der Waals surface area contributed by atoms with Crippen molar-refractivity contribution >= 4 is 79.2 Å². The Balaban J connectivity index is 1.27. The number of carbonyl (C=O) groups is 2. The standard InChI is InChI=1S/C102H158N4O4S2/c1-11-18-24-30-36-40-42-48-52-58-65-80(64-56-50-46-38-32-26-20-13-3)78-104-89-77-85-90(105(99(108)95(85)93(63-17-7)112-102(8,9)10)79-81(66-57-51-47-39-33-27-21-14-4)67-59-53-49-43-41-37-31-25-19-12-2)76-84(89)94(98(104)107)92-74-73-91(111-92)88-72-71-87-83(69-61-55-45-35-29-23-16-6)96-97(101(110)106(87)88)82(68-60-54-44-34-28-22-15-5)86-70-62-75-103(86)100(96)109/h17,62-63,70-77,80-81H,7,11-16,18-61,64-69,78-79H2,1-6,8-10H3/b93-63-. The molecule has 0 spiro atoms. The maximum Gasteiger partial charge on any atom is 0.264 e. The third-order valence-corrected chi connectivity index (χ3v) is 27.2. The Hall–Kier alpha value is -5.19. The van der Waals surface area contributed by atoms with Crippen molar-refractivity contribution in [1.82, 2.24) is 8.80 Å². The van der Waals surface area contributed by atoms with Crippen LogP contribution in [-0.2, 0) is 22.4 Å². The second kappa shape index (κ2) is 51.8. The summed E-state index contributed by atoms with van der Waals surface area (Å²) in [6, 6.07) is 17.2. The van der Waals surface area contributed by atoms with Crippen molar-refractivity contribution in [1.29, 1.82) is 0 Å². The Kier molecular flexibility index (Phi) is 42.7. The van der Waals surface area contributed by atoms with Gasteiger partial charge in [0.15, 0.2) is 0 Å². The summed E-state index contributed by atoms with van der Waals surface area (Å²) in [5.41, 5.74) is 7.52. The maximum absolute atomic E-state index is 16.6. The van der Waals surface area contributed by atoms with Crippen LogP contribution < -0.4 is 31.4 Å². The molecule has 8 rings (SSSR count). The van der Waals surface area contributed by atoms with Gasteiger partial charge in [-0.25, -0.2) is 0 Å². The summed E-state index contributed by atoms with van der Waals surface area (Å²) in [7, 11) is 0. The van der Waals surface area contributed by atoms with Crippen molar-refractivity contribution in [3.05, 3.63) is 126 Å². The molecule has 112 heavy (non-hydrogen) atoms. The molecule has 2 amide bonds. The van der Waals surface area contributed by atoms with Crippen LogP contribution in [-0.4, -0.2) is 38.5 Å². The van der Waals surface area contributed by atoms with Gasteiger partial charge in [-0.15, -0.1) is 23.1 Å². The molecule has 0 N–H and O–H groups in total. The topological polar surface area (TPSA) is 83.6 Å². The number of fused-ring (bicyclic) bond motifs is 5. The molecule has 0 radical (unpaired) electrons. The van der Waals surface area contributed by atoms with E-state index in [1.165, 1.54) is 276 Å². The summed E-state index contributed by atoms with van der Waals surface area (Å²) in [6.45, 7) is 26.0. The lowest BCUT2D eigenvalue weighted by Crippen LogP contribution is -2.35. The van der Waals surface area contributed by atoms with Gasteiger partial charge < -0.3 is 9.80 Å². The van der Waals surface area contributed by atoms with E-state index in [1.54, 1.807) is 23.1 Å². The fourth-order valence-electron chi connectivity index (χ4n) is 18.5. The van der Waals surface area contributed by atoms with E-state index < -0.39 is 0 Å². The van der Waals surface area contributed by atoms with Crippen molar-refractivity contribution < 1.29 is 9.59 Å². The number of aryl methyl sites for hydroxylation is 2. The van der Waals surface area contributed by atoms with Crippen LogP contribution in [0.3, 0.4) is 0 Å². The highest BCUT2D eigenvalue weighted by molar-refractivity contribution is 8.04. The molecule has 0 saturated carbocycles. The Morgan fingerprint density at radius 2 is 0.786 bits per heavy atom. The number of thiophene rings is 1. The van der Waals surface area contributed by atoms with Crippen LogP contribution in [0.1, 0.15) is 425 Å². The zero-order chi connectivity index (χ0) is 79.7. The summed E-state index contributed by atoms with van der Waals surface area (Å²) in [4.78, 5) is 71.2. The molecule has 2 atom stereocenters. The van der Waals surface area contributed by atoms with E-state index in [0.717, 1.165) is 147 Å². The van der Waals surface area contributed by atoms with Gasteiger partial charge in [-0.1, -0.05) is 383 Å². The van der Waals surface area contributed by atoms with E-state index in [0.29, 0.717) is 47.7 Å². The molecule has 0 saturated heterocycles. The van der Waals surface area contributed by atoms with Gasteiger partial charge in [-0.3, -0.25) is 28.0 Å². The molecule has 8 nitrogen and oxygen atoms in total. The molecule has 622 valence electrons. The molecule has 0 fully saturated rings. The monoisotopic (exact) mass is 1570 g/mol. The minimum absolute atomic E-state index is 0.0386. The van der Waals surface area contributed by atoms with Gasteiger partial charge in [0.1, 0.15) is 0 Å². The quantitative estimate of drug-likeness (QED) is 0.0281. The molecule has 0 aliphatic carbocycles. The SMILES string of the molecule is C=C/C=C(\SC(C)(C)C)C1=c2cc3c(cc2N(CC(CCCCCCCCCC)CCCCCCCCCCCC)C1=O)=C(c1ccc(-c2ccc4c(CCCCCCCCC)c5c(=O)n6cccc6c(CCCCCCCCC)c5c(=O)n24)s1)C(=O)N3CC(CCCCCCCCCC)CCCCCCCCCCCC. The van der Waals surface area contributed by atoms with Crippen LogP contribution in [0, 0.1) is 11.8 Å². The third-order valence-electron chi connectivity index (χ3n) is 24.9. The smallest absolute Gasteiger partial charge is 0.264 e. The number of hydrogen-bond acceptors (Lipinski definition) is 6. The zero-order valence-corrected chi connectivity index (χ0v) is 74.6. The molecule has 2 aliphatic rings. The zero-order valence-electron chi connectivity index (χ0n) is 73.0. The molecule has 2 aliphatic heterocycles. The number of anilines is 2. The summed E-state index contributed by atoms with van der Waals surface area (Å²) >= 11 is 3.36. The molecule has 7 heterocycles. The first-order chi connectivity index (χ1) is 54.7. The number of pyridine rings is 2. The van der Waals surface area contributed by atoms with E-state index >= 15 is 19.2 Å². The number of benzene rings is 1. The highest BCUT2D eigenvalue weighted by Crippen LogP contribution is 2.43. The fraction of sp³-hybridized carbons (Fsp3) is 0.686. The van der Waals surface area contributed by atoms with Crippen molar-refractivity contribution in [3.8, 4) is 10.6 Å². The highest BCUT2D eigenvalue weighted by atomic mass is 32.2. The maximum atomic E-state index is 16.6. The van der Waals surface area contributed by atoms with Gasteiger partial charge in [0.05, 0.1) is 54.9 Å². The van der Waals surface area contributed by atoms with E-state index in [2.05, 4.69) is 121 Å².